The number of morpholine rings is 1. The number of carbonyl (C=O) groups is 1. The van der Waals surface area contributed by atoms with Crippen molar-refractivity contribution < 1.29 is 14.3 Å². The van der Waals surface area contributed by atoms with Crippen LogP contribution in [-0.2, 0) is 9.47 Å². The molecular formula is C18H18N4O3. The van der Waals surface area contributed by atoms with E-state index in [0.29, 0.717) is 18.8 Å². The fraction of sp³-hybridized carbons (Fsp3) is 0.278. The second kappa shape index (κ2) is 6.52. The summed E-state index contributed by atoms with van der Waals surface area (Å²) in [7, 11) is 1.38. The number of pyridine rings is 1. The number of carbonyl (C=O) groups excluding carboxylic acids is 1. The van der Waals surface area contributed by atoms with Crippen molar-refractivity contribution in [2.45, 2.75) is 0 Å². The Hall–Kier alpha value is -2.93. The van der Waals surface area contributed by atoms with E-state index in [1.165, 1.54) is 7.11 Å². The highest BCUT2D eigenvalue weighted by Gasteiger charge is 2.16. The number of ether oxygens (including phenoxy) is 2. The van der Waals surface area contributed by atoms with E-state index in [2.05, 4.69) is 20.1 Å². The zero-order valence-corrected chi connectivity index (χ0v) is 13.9. The maximum absolute atomic E-state index is 11.8. The molecule has 1 N–H and O–H groups in total. The monoisotopic (exact) mass is 338 g/mol. The molecule has 1 saturated heterocycles. The first-order chi connectivity index (χ1) is 12.3. The Bertz CT molecular complexity index is 916. The third-order valence-corrected chi connectivity index (χ3v) is 4.34. The summed E-state index contributed by atoms with van der Waals surface area (Å²) >= 11 is 0. The van der Waals surface area contributed by atoms with E-state index >= 15 is 0 Å². The van der Waals surface area contributed by atoms with Gasteiger partial charge in [-0.05, 0) is 30.3 Å². The number of methoxy groups -OCH3 is 1. The number of H-pyrrole nitrogens is 1. The smallest absolute Gasteiger partial charge is 0.337 e. The summed E-state index contributed by atoms with van der Waals surface area (Å²) in [5.41, 5.74) is 3.11. The van der Waals surface area contributed by atoms with Crippen molar-refractivity contribution in [2.75, 3.05) is 38.3 Å². The molecule has 0 atom stereocenters. The van der Waals surface area contributed by atoms with Crippen LogP contribution in [0.3, 0.4) is 0 Å². The number of nitrogens with zero attached hydrogens (tertiary/aromatic N) is 3. The minimum absolute atomic E-state index is 0.363. The predicted molar refractivity (Wildman–Crippen MR) is 93.7 cm³/mol. The van der Waals surface area contributed by atoms with Gasteiger partial charge in [-0.15, -0.1) is 0 Å². The normalized spacial score (nSPS) is 14.7. The summed E-state index contributed by atoms with van der Waals surface area (Å²) in [6.45, 7) is 3.06. The molecule has 0 saturated carbocycles. The summed E-state index contributed by atoms with van der Waals surface area (Å²) in [6.07, 6.45) is 1.78. The molecule has 3 heterocycles. The Morgan fingerprint density at radius 1 is 1.24 bits per heavy atom. The van der Waals surface area contributed by atoms with Gasteiger partial charge in [-0.2, -0.15) is 5.10 Å². The van der Waals surface area contributed by atoms with Gasteiger partial charge < -0.3 is 14.4 Å². The summed E-state index contributed by atoms with van der Waals surface area (Å²) in [6, 6.07) is 9.30. The number of esters is 1. The molecule has 1 aromatic carbocycles. The van der Waals surface area contributed by atoms with Crippen LogP contribution in [0.25, 0.3) is 22.2 Å². The number of aromatic amines is 1. The third kappa shape index (κ3) is 2.94. The van der Waals surface area contributed by atoms with E-state index in [0.717, 1.165) is 41.1 Å². The molecule has 4 rings (SSSR count). The van der Waals surface area contributed by atoms with E-state index < -0.39 is 0 Å². The van der Waals surface area contributed by atoms with Crippen molar-refractivity contribution in [3.8, 4) is 11.3 Å². The van der Waals surface area contributed by atoms with Crippen LogP contribution in [0.5, 0.6) is 0 Å². The molecule has 0 bridgehead atoms. The van der Waals surface area contributed by atoms with Crippen molar-refractivity contribution in [1.82, 2.24) is 15.2 Å². The Morgan fingerprint density at radius 3 is 2.88 bits per heavy atom. The van der Waals surface area contributed by atoms with Crippen LogP contribution in [-0.4, -0.2) is 54.6 Å². The number of benzene rings is 1. The van der Waals surface area contributed by atoms with Crippen LogP contribution < -0.4 is 4.90 Å². The van der Waals surface area contributed by atoms with Gasteiger partial charge in [0, 0.05) is 30.2 Å². The molecule has 1 fully saturated rings. The van der Waals surface area contributed by atoms with Gasteiger partial charge in [-0.3, -0.25) is 5.10 Å². The lowest BCUT2D eigenvalue weighted by Crippen LogP contribution is -2.36. The first kappa shape index (κ1) is 15.6. The van der Waals surface area contributed by atoms with E-state index in [4.69, 9.17) is 9.47 Å². The molecule has 0 radical (unpaired) electrons. The topological polar surface area (TPSA) is 80.3 Å². The second-order valence-electron chi connectivity index (χ2n) is 5.83. The van der Waals surface area contributed by atoms with Gasteiger partial charge in [0.15, 0.2) is 0 Å². The van der Waals surface area contributed by atoms with Gasteiger partial charge in [0.05, 0.1) is 31.4 Å². The molecule has 128 valence electrons. The maximum atomic E-state index is 11.8. The largest absolute Gasteiger partial charge is 0.465 e. The van der Waals surface area contributed by atoms with Crippen LogP contribution >= 0.6 is 0 Å². The summed E-state index contributed by atoms with van der Waals surface area (Å²) in [4.78, 5) is 18.5. The molecule has 1 aliphatic heterocycles. The highest BCUT2D eigenvalue weighted by Crippen LogP contribution is 2.29. The SMILES string of the molecule is COC(=O)c1ccc2[nH]nc(-c3ccnc(N4CCOCC4)c3)c2c1. The summed E-state index contributed by atoms with van der Waals surface area (Å²) < 4.78 is 10.2. The maximum Gasteiger partial charge on any atom is 0.337 e. The number of anilines is 1. The van der Waals surface area contributed by atoms with E-state index in [-0.39, 0.29) is 5.97 Å². The lowest BCUT2D eigenvalue weighted by molar-refractivity contribution is 0.0601. The molecule has 7 nitrogen and oxygen atoms in total. The van der Waals surface area contributed by atoms with Crippen LogP contribution in [0.4, 0.5) is 5.82 Å². The van der Waals surface area contributed by atoms with E-state index in [9.17, 15) is 4.79 Å². The van der Waals surface area contributed by atoms with Gasteiger partial charge in [0.1, 0.15) is 11.5 Å². The minimum Gasteiger partial charge on any atom is -0.465 e. The van der Waals surface area contributed by atoms with Crippen molar-refractivity contribution in [3.05, 3.63) is 42.1 Å². The highest BCUT2D eigenvalue weighted by molar-refractivity contribution is 5.99. The summed E-state index contributed by atoms with van der Waals surface area (Å²) in [5.74, 6) is 0.541. The minimum atomic E-state index is -0.363. The van der Waals surface area contributed by atoms with Crippen molar-refractivity contribution in [2.24, 2.45) is 0 Å². The van der Waals surface area contributed by atoms with Gasteiger partial charge in [-0.1, -0.05) is 0 Å². The van der Waals surface area contributed by atoms with Gasteiger partial charge in [-0.25, -0.2) is 9.78 Å². The van der Waals surface area contributed by atoms with Gasteiger partial charge in [0.25, 0.3) is 0 Å². The van der Waals surface area contributed by atoms with Crippen LogP contribution in [0.1, 0.15) is 10.4 Å². The Labute approximate surface area is 144 Å². The lowest BCUT2D eigenvalue weighted by atomic mass is 10.1. The second-order valence-corrected chi connectivity index (χ2v) is 5.83. The molecule has 1 aliphatic rings. The first-order valence-electron chi connectivity index (χ1n) is 8.12. The highest BCUT2D eigenvalue weighted by atomic mass is 16.5. The fourth-order valence-electron chi connectivity index (χ4n) is 3.01. The van der Waals surface area contributed by atoms with E-state index in [1.807, 2.05) is 18.2 Å². The standard InChI is InChI=1S/C18H18N4O3/c1-24-18(23)13-2-3-15-14(10-13)17(21-20-15)12-4-5-19-16(11-12)22-6-8-25-9-7-22/h2-5,10-11H,6-9H2,1H3,(H,20,21). The van der Waals surface area contributed by atoms with Crippen molar-refractivity contribution >= 4 is 22.7 Å². The number of hydrogen-bond acceptors (Lipinski definition) is 6. The average Bonchev–Trinajstić information content (AvgIpc) is 3.11. The third-order valence-electron chi connectivity index (χ3n) is 4.34. The Kier molecular flexibility index (Phi) is 4.07. The number of aromatic nitrogens is 3. The first-order valence-corrected chi connectivity index (χ1v) is 8.12. The van der Waals surface area contributed by atoms with Crippen LogP contribution in [0.2, 0.25) is 0 Å². The van der Waals surface area contributed by atoms with Crippen LogP contribution in [0, 0.1) is 0 Å². The zero-order chi connectivity index (χ0) is 17.2. The molecule has 0 amide bonds. The average molecular weight is 338 g/mol. The van der Waals surface area contributed by atoms with Crippen LogP contribution in [0.15, 0.2) is 36.5 Å². The molecule has 0 spiro atoms. The lowest BCUT2D eigenvalue weighted by Gasteiger charge is -2.27. The molecule has 2 aromatic heterocycles. The predicted octanol–water partition coefficient (Wildman–Crippen LogP) is 2.25. The van der Waals surface area contributed by atoms with Gasteiger partial charge in [0.2, 0.25) is 0 Å². The Morgan fingerprint density at radius 2 is 2.08 bits per heavy atom. The number of fused-ring (bicyclic) bond motifs is 1. The zero-order valence-electron chi connectivity index (χ0n) is 13.9. The quantitative estimate of drug-likeness (QED) is 0.738. The molecule has 7 heteroatoms. The van der Waals surface area contributed by atoms with Crippen molar-refractivity contribution in [1.29, 1.82) is 0 Å². The molecule has 3 aromatic rings. The molecule has 0 unspecified atom stereocenters. The number of nitrogens with one attached hydrogen (secondary N) is 1. The fourth-order valence-corrected chi connectivity index (χ4v) is 3.01. The molecule has 0 aliphatic carbocycles. The molecule has 25 heavy (non-hydrogen) atoms. The Balaban J connectivity index is 1.75. The summed E-state index contributed by atoms with van der Waals surface area (Å²) in [5, 5.41) is 8.32. The number of rotatable bonds is 3. The number of hydrogen-bond donors (Lipinski definition) is 1. The van der Waals surface area contributed by atoms with Crippen molar-refractivity contribution in [3.63, 3.8) is 0 Å². The molecular weight excluding hydrogens is 320 g/mol. The van der Waals surface area contributed by atoms with E-state index in [1.54, 1.807) is 18.3 Å². The van der Waals surface area contributed by atoms with Gasteiger partial charge >= 0.3 is 5.97 Å².